The number of carboxylic acid groups (broad SMARTS) is 1. The third-order valence-electron chi connectivity index (χ3n) is 2.98. The van der Waals surface area contributed by atoms with E-state index in [-0.39, 0.29) is 10.3 Å². The molecule has 1 aromatic rings. The quantitative estimate of drug-likeness (QED) is 0.718. The van der Waals surface area contributed by atoms with Crippen LogP contribution in [0.1, 0.15) is 31.9 Å². The standard InChI is InChI=1S/C8H10O3S.C6H13NO2/c1-6-3-4-8(5-7(6)2)12(9,10)11;1-6(2,3)4(7)5(8)9/h3-5H,1-2H3,(H,9,10,11);4H,7H2,1-3H3,(H,8,9)/t;4-/m.0/s1. The largest absolute Gasteiger partial charge is 0.480 e. The van der Waals surface area contributed by atoms with Crippen molar-refractivity contribution in [2.75, 3.05) is 0 Å². The molecule has 7 heteroatoms. The molecule has 1 aromatic carbocycles. The average Bonchev–Trinajstić information content (AvgIpc) is 2.29. The second-order valence-electron chi connectivity index (χ2n) is 5.90. The summed E-state index contributed by atoms with van der Waals surface area (Å²) in [5.74, 6) is -0.942. The van der Waals surface area contributed by atoms with Gasteiger partial charge < -0.3 is 10.8 Å². The Balaban J connectivity index is 0.000000400. The smallest absolute Gasteiger partial charge is 0.321 e. The Morgan fingerprint density at radius 1 is 1.19 bits per heavy atom. The number of rotatable bonds is 2. The van der Waals surface area contributed by atoms with Gasteiger partial charge in [0.15, 0.2) is 0 Å². The molecule has 0 amide bonds. The second kappa shape index (κ2) is 7.02. The third kappa shape index (κ3) is 6.70. The lowest BCUT2D eigenvalue weighted by molar-refractivity contribution is -0.141. The van der Waals surface area contributed by atoms with Crippen LogP contribution in [0.25, 0.3) is 0 Å². The summed E-state index contributed by atoms with van der Waals surface area (Å²) < 4.78 is 30.0. The topological polar surface area (TPSA) is 118 Å². The molecule has 6 nitrogen and oxygen atoms in total. The van der Waals surface area contributed by atoms with Gasteiger partial charge in [0.2, 0.25) is 0 Å². The van der Waals surface area contributed by atoms with Gasteiger partial charge in [0, 0.05) is 0 Å². The van der Waals surface area contributed by atoms with E-state index >= 15 is 0 Å². The summed E-state index contributed by atoms with van der Waals surface area (Å²) in [6, 6.07) is 3.73. The second-order valence-corrected chi connectivity index (χ2v) is 7.32. The van der Waals surface area contributed by atoms with Gasteiger partial charge in [0.25, 0.3) is 10.1 Å². The van der Waals surface area contributed by atoms with Crippen LogP contribution < -0.4 is 5.73 Å². The lowest BCUT2D eigenvalue weighted by atomic mass is 9.88. The Morgan fingerprint density at radius 2 is 1.67 bits per heavy atom. The Morgan fingerprint density at radius 3 is 1.90 bits per heavy atom. The summed E-state index contributed by atoms with van der Waals surface area (Å²) in [5, 5.41) is 8.39. The van der Waals surface area contributed by atoms with Crippen molar-refractivity contribution in [3.8, 4) is 0 Å². The molecule has 0 aromatic heterocycles. The zero-order chi connectivity index (χ0) is 17.0. The molecule has 0 bridgehead atoms. The van der Waals surface area contributed by atoms with Gasteiger partial charge in [-0.15, -0.1) is 0 Å². The zero-order valence-corrected chi connectivity index (χ0v) is 13.7. The maximum Gasteiger partial charge on any atom is 0.321 e. The number of carbonyl (C=O) groups is 1. The maximum atomic E-state index is 10.7. The van der Waals surface area contributed by atoms with Crippen LogP contribution in [0.15, 0.2) is 23.1 Å². The van der Waals surface area contributed by atoms with Gasteiger partial charge in [0.1, 0.15) is 6.04 Å². The Labute approximate surface area is 125 Å². The fraction of sp³-hybridized carbons (Fsp3) is 0.500. The molecule has 0 saturated heterocycles. The van der Waals surface area contributed by atoms with Crippen LogP contribution in [0.3, 0.4) is 0 Å². The minimum absolute atomic E-state index is 0.0504. The predicted molar refractivity (Wildman–Crippen MR) is 80.8 cm³/mol. The van der Waals surface area contributed by atoms with E-state index in [1.165, 1.54) is 12.1 Å². The molecule has 0 radical (unpaired) electrons. The summed E-state index contributed by atoms with van der Waals surface area (Å²) in [6.07, 6.45) is 0. The first kappa shape index (κ1) is 19.6. The summed E-state index contributed by atoms with van der Waals surface area (Å²) >= 11 is 0. The molecule has 0 aliphatic rings. The van der Waals surface area contributed by atoms with Crippen molar-refractivity contribution in [2.24, 2.45) is 11.1 Å². The Bertz CT molecular complexity index is 602. The number of nitrogens with two attached hydrogens (primary N) is 1. The van der Waals surface area contributed by atoms with Crippen LogP contribution in [0.2, 0.25) is 0 Å². The molecule has 1 atom stereocenters. The minimum atomic E-state index is -4.04. The molecule has 0 saturated carbocycles. The lowest BCUT2D eigenvalue weighted by Crippen LogP contribution is -2.41. The van der Waals surface area contributed by atoms with Crippen molar-refractivity contribution in [1.82, 2.24) is 0 Å². The van der Waals surface area contributed by atoms with Gasteiger partial charge in [0.05, 0.1) is 4.90 Å². The molecule has 4 N–H and O–H groups in total. The van der Waals surface area contributed by atoms with Crippen molar-refractivity contribution < 1.29 is 22.9 Å². The van der Waals surface area contributed by atoms with Crippen molar-refractivity contribution in [1.29, 1.82) is 0 Å². The SMILES string of the molecule is CC(C)(C)[C@@H](N)C(=O)O.Cc1ccc(S(=O)(=O)O)cc1C. The van der Waals surface area contributed by atoms with E-state index in [4.69, 9.17) is 15.4 Å². The van der Waals surface area contributed by atoms with Gasteiger partial charge in [-0.05, 0) is 42.5 Å². The monoisotopic (exact) mass is 317 g/mol. The molecular formula is C14H23NO5S. The number of hydrogen-bond donors (Lipinski definition) is 3. The van der Waals surface area contributed by atoms with Crippen molar-refractivity contribution >= 4 is 16.1 Å². The van der Waals surface area contributed by atoms with E-state index in [2.05, 4.69) is 0 Å². The molecule has 0 unspecified atom stereocenters. The molecule has 0 aliphatic heterocycles. The van der Waals surface area contributed by atoms with E-state index in [1.807, 2.05) is 6.92 Å². The molecule has 1 rings (SSSR count). The minimum Gasteiger partial charge on any atom is -0.480 e. The number of aliphatic carboxylic acids is 1. The highest BCUT2D eigenvalue weighted by Gasteiger charge is 2.26. The third-order valence-corrected chi connectivity index (χ3v) is 3.82. The molecule has 120 valence electrons. The number of hydrogen-bond acceptors (Lipinski definition) is 4. The fourth-order valence-electron chi connectivity index (χ4n) is 1.24. The molecule has 0 aliphatic carbocycles. The normalized spacial score (nSPS) is 13.1. The number of benzene rings is 1. The van der Waals surface area contributed by atoms with Gasteiger partial charge in [-0.1, -0.05) is 26.8 Å². The average molecular weight is 317 g/mol. The van der Waals surface area contributed by atoms with Crippen LogP contribution in [0.5, 0.6) is 0 Å². The van der Waals surface area contributed by atoms with Crippen molar-refractivity contribution in [3.05, 3.63) is 29.3 Å². The van der Waals surface area contributed by atoms with Gasteiger partial charge >= 0.3 is 5.97 Å². The summed E-state index contributed by atoms with van der Waals surface area (Å²) in [7, 11) is -4.04. The van der Waals surface area contributed by atoms with E-state index in [0.29, 0.717) is 0 Å². The van der Waals surface area contributed by atoms with Gasteiger partial charge in [-0.3, -0.25) is 9.35 Å². The summed E-state index contributed by atoms with van der Waals surface area (Å²) in [5.41, 5.74) is 6.81. The maximum absolute atomic E-state index is 10.7. The first-order chi connectivity index (χ1) is 9.26. The van der Waals surface area contributed by atoms with Crippen LogP contribution in [0, 0.1) is 19.3 Å². The highest BCUT2D eigenvalue weighted by molar-refractivity contribution is 7.85. The first-order valence-corrected chi connectivity index (χ1v) is 7.74. The predicted octanol–water partition coefficient (Wildman–Crippen LogP) is 1.99. The fourth-order valence-corrected chi connectivity index (χ4v) is 1.81. The van der Waals surface area contributed by atoms with Crippen molar-refractivity contribution in [2.45, 2.75) is 45.6 Å². The van der Waals surface area contributed by atoms with Crippen LogP contribution in [-0.2, 0) is 14.9 Å². The van der Waals surface area contributed by atoms with E-state index in [9.17, 15) is 13.2 Å². The molecule has 0 spiro atoms. The highest BCUT2D eigenvalue weighted by Crippen LogP contribution is 2.16. The van der Waals surface area contributed by atoms with E-state index in [1.54, 1.807) is 33.8 Å². The Kier molecular flexibility index (Phi) is 6.54. The van der Waals surface area contributed by atoms with Crippen LogP contribution in [-0.4, -0.2) is 30.1 Å². The van der Waals surface area contributed by atoms with Crippen molar-refractivity contribution in [3.63, 3.8) is 0 Å². The van der Waals surface area contributed by atoms with Crippen LogP contribution in [0.4, 0.5) is 0 Å². The van der Waals surface area contributed by atoms with Gasteiger partial charge in [-0.25, -0.2) is 0 Å². The molecule has 0 fully saturated rings. The Hall–Kier alpha value is -1.44. The first-order valence-electron chi connectivity index (χ1n) is 6.30. The van der Waals surface area contributed by atoms with Gasteiger partial charge in [-0.2, -0.15) is 8.42 Å². The summed E-state index contributed by atoms with van der Waals surface area (Å²) in [4.78, 5) is 10.2. The van der Waals surface area contributed by atoms with E-state index in [0.717, 1.165) is 11.1 Å². The molecule has 21 heavy (non-hydrogen) atoms. The number of carboxylic acids is 1. The highest BCUT2D eigenvalue weighted by atomic mass is 32.2. The zero-order valence-electron chi connectivity index (χ0n) is 12.9. The lowest BCUT2D eigenvalue weighted by Gasteiger charge is -2.22. The molecular weight excluding hydrogens is 294 g/mol. The number of aryl methyl sites for hydroxylation is 2. The van der Waals surface area contributed by atoms with E-state index < -0.39 is 22.1 Å². The summed E-state index contributed by atoms with van der Waals surface area (Å²) in [6.45, 7) is 9.07. The van der Waals surface area contributed by atoms with Crippen LogP contribution >= 0.6 is 0 Å². The molecule has 0 heterocycles.